The van der Waals surface area contributed by atoms with Crippen LogP contribution < -0.4 is 0 Å². The van der Waals surface area contributed by atoms with E-state index in [1.807, 2.05) is 29.6 Å². The van der Waals surface area contributed by atoms with E-state index in [9.17, 15) is 9.18 Å². The lowest BCUT2D eigenvalue weighted by atomic mass is 10.1. The van der Waals surface area contributed by atoms with E-state index in [2.05, 4.69) is 0 Å². The van der Waals surface area contributed by atoms with E-state index in [-0.39, 0.29) is 18.1 Å². The maximum absolute atomic E-state index is 13.0. The summed E-state index contributed by atoms with van der Waals surface area (Å²) >= 11 is 1.62. The topological polar surface area (TPSA) is 33.5 Å². The van der Waals surface area contributed by atoms with Crippen molar-refractivity contribution in [3.05, 3.63) is 82.2 Å². The molecule has 1 amide bonds. The van der Waals surface area contributed by atoms with Crippen LogP contribution in [-0.2, 0) is 24.3 Å². The largest absolute Gasteiger partial charge is 0.467 e. The van der Waals surface area contributed by atoms with Gasteiger partial charge in [-0.2, -0.15) is 0 Å². The molecular weight excluding hydrogens is 313 g/mol. The second-order valence-corrected chi connectivity index (χ2v) is 6.24. The molecule has 0 fully saturated rings. The van der Waals surface area contributed by atoms with E-state index in [4.69, 9.17) is 4.42 Å². The van der Waals surface area contributed by atoms with Crippen LogP contribution >= 0.6 is 11.3 Å². The van der Waals surface area contributed by atoms with E-state index < -0.39 is 0 Å². The minimum Gasteiger partial charge on any atom is -0.467 e. The molecule has 0 aliphatic carbocycles. The first kappa shape index (κ1) is 15.5. The van der Waals surface area contributed by atoms with Gasteiger partial charge in [-0.05, 0) is 41.3 Å². The molecule has 2 heterocycles. The van der Waals surface area contributed by atoms with Gasteiger partial charge in [0.15, 0.2) is 0 Å². The first-order valence-corrected chi connectivity index (χ1v) is 8.15. The fraction of sp³-hybridized carbons (Fsp3) is 0.167. The summed E-state index contributed by atoms with van der Waals surface area (Å²) in [5.41, 5.74) is 0.798. The standard InChI is InChI=1S/C18H16FNO2S/c19-15-7-5-14(6-8-15)11-18(21)20(12-16-3-1-9-22-16)13-17-4-2-10-23-17/h1-10H,11-13H2. The highest BCUT2D eigenvalue weighted by Crippen LogP contribution is 2.16. The molecule has 0 radical (unpaired) electrons. The highest BCUT2D eigenvalue weighted by atomic mass is 32.1. The highest BCUT2D eigenvalue weighted by Gasteiger charge is 2.17. The number of benzene rings is 1. The summed E-state index contributed by atoms with van der Waals surface area (Å²) in [4.78, 5) is 15.5. The fourth-order valence-electron chi connectivity index (χ4n) is 2.30. The predicted molar refractivity (Wildman–Crippen MR) is 87.4 cm³/mol. The number of carbonyl (C=O) groups is 1. The molecule has 3 aromatic rings. The van der Waals surface area contributed by atoms with Crippen molar-refractivity contribution >= 4 is 17.2 Å². The average Bonchev–Trinajstić information content (AvgIpc) is 3.22. The Labute approximate surface area is 138 Å². The molecular formula is C18H16FNO2S. The van der Waals surface area contributed by atoms with Crippen LogP contribution in [0.5, 0.6) is 0 Å². The summed E-state index contributed by atoms with van der Waals surface area (Å²) in [6.07, 6.45) is 1.84. The molecule has 3 nitrogen and oxygen atoms in total. The van der Waals surface area contributed by atoms with E-state index in [0.717, 1.165) is 16.2 Å². The van der Waals surface area contributed by atoms with Crippen LogP contribution in [0.2, 0.25) is 0 Å². The van der Waals surface area contributed by atoms with E-state index >= 15 is 0 Å². The number of hydrogen-bond acceptors (Lipinski definition) is 3. The van der Waals surface area contributed by atoms with E-state index in [1.54, 1.807) is 34.6 Å². The Morgan fingerprint density at radius 2 is 1.91 bits per heavy atom. The number of halogens is 1. The molecule has 0 aliphatic heterocycles. The molecule has 5 heteroatoms. The van der Waals surface area contributed by atoms with Crippen molar-refractivity contribution in [2.45, 2.75) is 19.5 Å². The number of rotatable bonds is 6. The third kappa shape index (κ3) is 4.29. The molecule has 0 spiro atoms. The zero-order valence-corrected chi connectivity index (χ0v) is 13.3. The molecule has 0 aliphatic rings. The Hall–Kier alpha value is -2.40. The second kappa shape index (κ2) is 7.24. The zero-order chi connectivity index (χ0) is 16.1. The smallest absolute Gasteiger partial charge is 0.227 e. The molecule has 0 unspecified atom stereocenters. The van der Waals surface area contributed by atoms with Gasteiger partial charge in [-0.3, -0.25) is 4.79 Å². The van der Waals surface area contributed by atoms with Gasteiger partial charge in [0.05, 0.1) is 25.8 Å². The van der Waals surface area contributed by atoms with Gasteiger partial charge in [-0.25, -0.2) is 4.39 Å². The van der Waals surface area contributed by atoms with Crippen LogP contribution in [0, 0.1) is 5.82 Å². The van der Waals surface area contributed by atoms with Gasteiger partial charge in [0, 0.05) is 4.88 Å². The van der Waals surface area contributed by atoms with Gasteiger partial charge in [0.2, 0.25) is 5.91 Å². The van der Waals surface area contributed by atoms with Crippen molar-refractivity contribution in [3.8, 4) is 0 Å². The van der Waals surface area contributed by atoms with Gasteiger partial charge >= 0.3 is 0 Å². The zero-order valence-electron chi connectivity index (χ0n) is 12.4. The summed E-state index contributed by atoms with van der Waals surface area (Å²) in [7, 11) is 0. The number of hydrogen-bond donors (Lipinski definition) is 0. The predicted octanol–water partition coefficient (Wildman–Crippen LogP) is 4.25. The van der Waals surface area contributed by atoms with Crippen molar-refractivity contribution in [2.75, 3.05) is 0 Å². The summed E-state index contributed by atoms with van der Waals surface area (Å²) in [5.74, 6) is 0.433. The first-order chi connectivity index (χ1) is 11.2. The van der Waals surface area contributed by atoms with E-state index in [1.165, 1.54) is 12.1 Å². The van der Waals surface area contributed by atoms with Crippen LogP contribution in [-0.4, -0.2) is 10.8 Å². The fourth-order valence-corrected chi connectivity index (χ4v) is 3.02. The summed E-state index contributed by atoms with van der Waals surface area (Å²) < 4.78 is 18.3. The summed E-state index contributed by atoms with van der Waals surface area (Å²) in [6, 6.07) is 13.7. The van der Waals surface area contributed by atoms with Crippen LogP contribution in [0.3, 0.4) is 0 Å². The monoisotopic (exact) mass is 329 g/mol. The average molecular weight is 329 g/mol. The number of furan rings is 1. The lowest BCUT2D eigenvalue weighted by Gasteiger charge is -2.21. The molecule has 0 bridgehead atoms. The van der Waals surface area contributed by atoms with Crippen molar-refractivity contribution in [2.24, 2.45) is 0 Å². The molecule has 0 saturated carbocycles. The first-order valence-electron chi connectivity index (χ1n) is 7.28. The lowest BCUT2D eigenvalue weighted by molar-refractivity contribution is -0.131. The van der Waals surface area contributed by atoms with Crippen LogP contribution in [0.4, 0.5) is 4.39 Å². The minimum atomic E-state index is -0.299. The molecule has 1 aromatic carbocycles. The van der Waals surface area contributed by atoms with Crippen LogP contribution in [0.1, 0.15) is 16.2 Å². The highest BCUT2D eigenvalue weighted by molar-refractivity contribution is 7.09. The number of carbonyl (C=O) groups excluding carboxylic acids is 1. The molecule has 118 valence electrons. The maximum atomic E-state index is 13.0. The molecule has 23 heavy (non-hydrogen) atoms. The summed E-state index contributed by atoms with van der Waals surface area (Å²) in [6.45, 7) is 0.962. The van der Waals surface area contributed by atoms with E-state index in [0.29, 0.717) is 13.1 Å². The normalized spacial score (nSPS) is 10.7. The molecule has 3 rings (SSSR count). The van der Waals surface area contributed by atoms with Crippen molar-refractivity contribution in [1.82, 2.24) is 4.90 Å². The minimum absolute atomic E-state index is 0.0126. The molecule has 0 saturated heterocycles. The van der Waals surface area contributed by atoms with Gasteiger partial charge in [0.25, 0.3) is 0 Å². The quantitative estimate of drug-likeness (QED) is 0.677. The third-order valence-electron chi connectivity index (χ3n) is 3.47. The van der Waals surface area contributed by atoms with Crippen molar-refractivity contribution in [1.29, 1.82) is 0 Å². The maximum Gasteiger partial charge on any atom is 0.227 e. The van der Waals surface area contributed by atoms with Gasteiger partial charge in [-0.1, -0.05) is 18.2 Å². The van der Waals surface area contributed by atoms with Crippen molar-refractivity contribution in [3.63, 3.8) is 0 Å². The molecule has 0 N–H and O–H groups in total. The molecule has 2 aromatic heterocycles. The Balaban J connectivity index is 1.73. The van der Waals surface area contributed by atoms with Crippen LogP contribution in [0.15, 0.2) is 64.6 Å². The Kier molecular flexibility index (Phi) is 4.88. The van der Waals surface area contributed by atoms with Gasteiger partial charge in [-0.15, -0.1) is 11.3 Å². The third-order valence-corrected chi connectivity index (χ3v) is 4.34. The molecule has 0 atom stereocenters. The number of amides is 1. The van der Waals surface area contributed by atoms with Crippen LogP contribution in [0.25, 0.3) is 0 Å². The van der Waals surface area contributed by atoms with Gasteiger partial charge in [0.1, 0.15) is 11.6 Å². The van der Waals surface area contributed by atoms with Crippen molar-refractivity contribution < 1.29 is 13.6 Å². The Morgan fingerprint density at radius 1 is 1.09 bits per heavy atom. The number of nitrogens with zero attached hydrogens (tertiary/aromatic N) is 1. The Bertz CT molecular complexity index is 700. The second-order valence-electron chi connectivity index (χ2n) is 5.21. The Morgan fingerprint density at radius 3 is 2.57 bits per heavy atom. The number of thiophene rings is 1. The van der Waals surface area contributed by atoms with Gasteiger partial charge < -0.3 is 9.32 Å². The SMILES string of the molecule is O=C(Cc1ccc(F)cc1)N(Cc1ccco1)Cc1cccs1. The lowest BCUT2D eigenvalue weighted by Crippen LogP contribution is -2.31. The summed E-state index contributed by atoms with van der Waals surface area (Å²) in [5, 5.41) is 1.99.